The molecule has 3 aliphatic rings. The summed E-state index contributed by atoms with van der Waals surface area (Å²) < 4.78 is 62.5. The van der Waals surface area contributed by atoms with E-state index in [2.05, 4.69) is 63.3 Å². The third-order valence-electron chi connectivity index (χ3n) is 12.1. The molecule has 0 spiro atoms. The molecule has 8 nitrogen and oxygen atoms in total. The number of aromatic hydroxyl groups is 1. The second-order valence-corrected chi connectivity index (χ2v) is 21.8. The summed E-state index contributed by atoms with van der Waals surface area (Å²) in [4.78, 5) is 11.2. The first-order valence-electron chi connectivity index (χ1n) is 18.7. The summed E-state index contributed by atoms with van der Waals surface area (Å²) >= 11 is 0. The van der Waals surface area contributed by atoms with Crippen LogP contribution < -0.4 is 19.7 Å². The number of piperazine rings is 1. The van der Waals surface area contributed by atoms with E-state index < -0.39 is 36.5 Å². The number of aromatic nitrogens is 2. The quantitative estimate of drug-likeness (QED) is 0.110. The lowest BCUT2D eigenvalue weighted by Crippen LogP contribution is -2.51. The van der Waals surface area contributed by atoms with Crippen LogP contribution in [0.5, 0.6) is 17.5 Å². The van der Waals surface area contributed by atoms with Gasteiger partial charge in [0.2, 0.25) is 0 Å². The number of halogens is 3. The number of fused-ring (bicyclic) bond motifs is 4. The van der Waals surface area contributed by atoms with Crippen molar-refractivity contribution in [3.63, 3.8) is 0 Å². The van der Waals surface area contributed by atoms with Crippen LogP contribution in [0.4, 0.5) is 19.0 Å². The standard InChI is InChI=1S/C41H49F3N4O4Si/c1-22(2)53(23(3)4,24(5)6)15-12-29-31(42)11-8-25-16-28(50)17-30(32(25)29)33-35(43)37-34(38(51-7)36(33)44)39(48-18-26-9-10-27(19-48)45-26)47-40(46-37)52-21-41(20-49)13-14-41/h8,11,16-17,22-24,26-27,45,49-50H,9-10,13-14,18-21H2,1-7H3. The number of methoxy groups -OCH3 is 1. The minimum absolute atomic E-state index is 0.0108. The molecule has 3 aromatic carbocycles. The topological polar surface area (TPSA) is 100.0 Å². The van der Waals surface area contributed by atoms with Crippen LogP contribution in [-0.2, 0) is 0 Å². The average molecular weight is 747 g/mol. The maximum Gasteiger partial charge on any atom is 0.319 e. The highest BCUT2D eigenvalue weighted by Crippen LogP contribution is 2.48. The third kappa shape index (κ3) is 6.38. The SMILES string of the molecule is COc1c(F)c(-c2cc(O)cc3ccc(F)c(C#C[Si](C(C)C)(C(C)C)C(C)C)c23)c(F)c2nc(OCC3(CO)CC3)nc(N3CC4CCC(C3)N4)c12. The zero-order valence-electron chi connectivity index (χ0n) is 31.5. The van der Waals surface area contributed by atoms with Gasteiger partial charge in [0.25, 0.3) is 0 Å². The van der Waals surface area contributed by atoms with Crippen molar-refractivity contribution in [2.24, 2.45) is 5.41 Å². The Morgan fingerprint density at radius 2 is 1.62 bits per heavy atom. The molecule has 2 unspecified atom stereocenters. The van der Waals surface area contributed by atoms with Crippen molar-refractivity contribution in [1.29, 1.82) is 0 Å². The van der Waals surface area contributed by atoms with E-state index in [0.29, 0.717) is 18.5 Å². The number of anilines is 1. The molecule has 4 aromatic rings. The van der Waals surface area contributed by atoms with Gasteiger partial charge in [0.1, 0.15) is 31.0 Å². The van der Waals surface area contributed by atoms with E-state index in [1.165, 1.54) is 31.4 Å². The van der Waals surface area contributed by atoms with Gasteiger partial charge in [-0.15, -0.1) is 5.54 Å². The molecule has 1 aliphatic carbocycles. The smallest absolute Gasteiger partial charge is 0.319 e. The van der Waals surface area contributed by atoms with Gasteiger partial charge in [-0.1, -0.05) is 53.5 Å². The zero-order valence-corrected chi connectivity index (χ0v) is 32.5. The number of phenolic OH excluding ortho intramolecular Hbond substituents is 1. The first-order valence-corrected chi connectivity index (χ1v) is 21.0. The first kappa shape index (κ1) is 37.3. The maximum atomic E-state index is 17.4. The van der Waals surface area contributed by atoms with Crippen molar-refractivity contribution >= 4 is 35.6 Å². The number of aliphatic hydroxyl groups excluding tert-OH is 1. The number of hydrogen-bond donors (Lipinski definition) is 3. The average Bonchev–Trinajstić information content (AvgIpc) is 3.83. The van der Waals surface area contributed by atoms with Crippen LogP contribution >= 0.6 is 0 Å². The summed E-state index contributed by atoms with van der Waals surface area (Å²) in [5.41, 5.74) is 3.12. The molecule has 2 bridgehead atoms. The number of nitrogens with one attached hydrogen (secondary N) is 1. The largest absolute Gasteiger partial charge is 0.508 e. The predicted octanol–water partition coefficient (Wildman–Crippen LogP) is 8.24. The number of aliphatic hydroxyl groups is 1. The summed E-state index contributed by atoms with van der Waals surface area (Å²) in [6.45, 7) is 14.1. The Labute approximate surface area is 310 Å². The number of ether oxygens (including phenoxy) is 2. The van der Waals surface area contributed by atoms with E-state index in [0.717, 1.165) is 25.7 Å². The lowest BCUT2D eigenvalue weighted by Gasteiger charge is -2.38. The van der Waals surface area contributed by atoms with Gasteiger partial charge in [-0.25, -0.2) is 13.2 Å². The Bertz CT molecular complexity index is 2110. The molecule has 2 aliphatic heterocycles. The Hall–Kier alpha value is -4.05. The van der Waals surface area contributed by atoms with E-state index in [9.17, 15) is 10.2 Å². The summed E-state index contributed by atoms with van der Waals surface area (Å²) in [5, 5.41) is 25.1. The fourth-order valence-corrected chi connectivity index (χ4v) is 14.2. The second kappa shape index (κ2) is 14.0. The van der Waals surface area contributed by atoms with Gasteiger partial charge >= 0.3 is 6.01 Å². The van der Waals surface area contributed by atoms with E-state index in [1.807, 2.05) is 4.90 Å². The Kier molecular flexibility index (Phi) is 9.83. The van der Waals surface area contributed by atoms with Crippen molar-refractivity contribution in [2.75, 3.05) is 38.3 Å². The Balaban J connectivity index is 1.50. The summed E-state index contributed by atoms with van der Waals surface area (Å²) in [5.74, 6) is 0.261. The highest BCUT2D eigenvalue weighted by atomic mass is 28.3. The Morgan fingerprint density at radius 3 is 2.21 bits per heavy atom. The molecule has 3 fully saturated rings. The third-order valence-corrected chi connectivity index (χ3v) is 18.3. The fourth-order valence-electron chi connectivity index (χ4n) is 9.02. The van der Waals surface area contributed by atoms with Crippen molar-refractivity contribution in [3.05, 3.63) is 47.3 Å². The van der Waals surface area contributed by atoms with E-state index in [1.54, 1.807) is 0 Å². The molecular weight excluding hydrogens is 698 g/mol. The summed E-state index contributed by atoms with van der Waals surface area (Å²) in [7, 11) is -1.05. The summed E-state index contributed by atoms with van der Waals surface area (Å²) in [6, 6.07) is 5.69. The predicted molar refractivity (Wildman–Crippen MR) is 205 cm³/mol. The van der Waals surface area contributed by atoms with E-state index in [4.69, 9.17) is 14.5 Å². The van der Waals surface area contributed by atoms with Crippen molar-refractivity contribution < 1.29 is 32.9 Å². The van der Waals surface area contributed by atoms with Crippen LogP contribution in [0.25, 0.3) is 32.8 Å². The number of phenols is 1. The van der Waals surface area contributed by atoms with Crippen molar-refractivity contribution in [1.82, 2.24) is 15.3 Å². The molecule has 3 heterocycles. The first-order chi connectivity index (χ1) is 25.2. The van der Waals surface area contributed by atoms with Gasteiger partial charge in [0.15, 0.2) is 17.4 Å². The molecule has 282 valence electrons. The van der Waals surface area contributed by atoms with Gasteiger partial charge in [-0.3, -0.25) is 0 Å². The van der Waals surface area contributed by atoms with E-state index in [-0.39, 0.29) is 92.7 Å². The highest BCUT2D eigenvalue weighted by Gasteiger charge is 2.44. The van der Waals surface area contributed by atoms with Gasteiger partial charge in [0.05, 0.1) is 36.8 Å². The lowest BCUT2D eigenvalue weighted by molar-refractivity contribution is 0.140. The lowest BCUT2D eigenvalue weighted by atomic mass is 9.92. The van der Waals surface area contributed by atoms with Crippen LogP contribution in [0.1, 0.15) is 72.8 Å². The zero-order chi connectivity index (χ0) is 38.0. The number of hydrogen-bond acceptors (Lipinski definition) is 8. The number of benzene rings is 3. The maximum absolute atomic E-state index is 17.4. The highest BCUT2D eigenvalue weighted by molar-refractivity contribution is 6.90. The molecule has 0 amide bonds. The second-order valence-electron chi connectivity index (χ2n) is 16.2. The minimum atomic E-state index is -2.36. The van der Waals surface area contributed by atoms with Crippen LogP contribution in [0.15, 0.2) is 24.3 Å². The van der Waals surface area contributed by atoms with Gasteiger partial charge in [-0.2, -0.15) is 9.97 Å². The molecule has 12 heteroatoms. The fraction of sp³-hybridized carbons (Fsp3) is 0.512. The van der Waals surface area contributed by atoms with Crippen LogP contribution in [-0.4, -0.2) is 73.8 Å². The molecule has 2 saturated heterocycles. The molecule has 53 heavy (non-hydrogen) atoms. The molecule has 3 N–H and O–H groups in total. The van der Waals surface area contributed by atoms with E-state index >= 15 is 13.2 Å². The molecule has 1 aromatic heterocycles. The molecule has 7 rings (SSSR count). The molecule has 2 atom stereocenters. The number of rotatable bonds is 10. The molecule has 0 radical (unpaired) electrons. The van der Waals surface area contributed by atoms with Crippen LogP contribution in [0, 0.1) is 34.3 Å². The van der Waals surface area contributed by atoms with Gasteiger partial charge < -0.3 is 29.9 Å². The van der Waals surface area contributed by atoms with Crippen molar-refractivity contribution in [2.45, 2.75) is 95.9 Å². The van der Waals surface area contributed by atoms with Gasteiger partial charge in [0, 0.05) is 41.5 Å². The van der Waals surface area contributed by atoms with Crippen LogP contribution in [0.2, 0.25) is 16.6 Å². The normalized spacial score (nSPS) is 19.4. The summed E-state index contributed by atoms with van der Waals surface area (Å²) in [6.07, 6.45) is 3.50. The van der Waals surface area contributed by atoms with Crippen molar-refractivity contribution in [3.8, 4) is 40.1 Å². The molecular formula is C41H49F3N4O4Si. The van der Waals surface area contributed by atoms with Crippen LogP contribution in [0.3, 0.4) is 0 Å². The Morgan fingerprint density at radius 1 is 0.962 bits per heavy atom. The minimum Gasteiger partial charge on any atom is -0.508 e. The van der Waals surface area contributed by atoms with Gasteiger partial charge in [-0.05, 0) is 65.9 Å². The number of nitrogens with zero attached hydrogens (tertiary/aromatic N) is 3. The molecule has 1 saturated carbocycles. The monoisotopic (exact) mass is 746 g/mol.